The summed E-state index contributed by atoms with van der Waals surface area (Å²) in [6.07, 6.45) is 1.13. The maximum absolute atomic E-state index is 12.5. The van der Waals surface area contributed by atoms with E-state index in [1.54, 1.807) is 33.2 Å². The van der Waals surface area contributed by atoms with Crippen LogP contribution in [-0.2, 0) is 19.4 Å². The molecule has 2 rings (SSSR count). The molecule has 0 aromatic heterocycles. The Balaban J connectivity index is 2.60. The number of nitrogens with zero attached hydrogens (tertiary/aromatic N) is 2. The minimum Gasteiger partial charge on any atom is -0.345 e. The maximum Gasteiger partial charge on any atom is 0.252 e. The molecule has 0 saturated heterocycles. The zero-order chi connectivity index (χ0) is 18.2. The molecule has 0 aliphatic carbocycles. The Hall–Kier alpha value is -2.28. The highest BCUT2D eigenvalue weighted by molar-refractivity contribution is 7.90. The molecule has 1 aliphatic rings. The van der Waals surface area contributed by atoms with Crippen molar-refractivity contribution in [2.45, 2.75) is 18.7 Å². The molecule has 1 aromatic carbocycles. The highest BCUT2D eigenvalue weighted by Crippen LogP contribution is 2.34. The number of hydrogen-bond acceptors (Lipinski definition) is 5. The van der Waals surface area contributed by atoms with Crippen LogP contribution in [-0.4, -0.2) is 51.1 Å². The van der Waals surface area contributed by atoms with Crippen molar-refractivity contribution in [2.75, 3.05) is 20.4 Å². The first-order valence-corrected chi connectivity index (χ1v) is 9.29. The third-order valence-electron chi connectivity index (χ3n) is 3.88. The van der Waals surface area contributed by atoms with E-state index in [-0.39, 0.29) is 16.6 Å². The predicted octanol–water partition coefficient (Wildman–Crippen LogP) is 1.57. The van der Waals surface area contributed by atoms with Crippen molar-refractivity contribution < 1.29 is 18.0 Å². The van der Waals surface area contributed by atoms with Crippen molar-refractivity contribution in [1.29, 1.82) is 0 Å². The van der Waals surface area contributed by atoms with Crippen molar-refractivity contribution in [3.8, 4) is 0 Å². The molecule has 0 spiro atoms. The molecule has 1 atom stereocenters. The monoisotopic (exact) mass is 348 g/mol. The van der Waals surface area contributed by atoms with Crippen molar-refractivity contribution in [3.63, 3.8) is 0 Å². The number of sulfone groups is 1. The summed E-state index contributed by atoms with van der Waals surface area (Å²) in [4.78, 5) is 30.3. The summed E-state index contributed by atoms with van der Waals surface area (Å²) in [6.45, 7) is 3.19. The fourth-order valence-electron chi connectivity index (χ4n) is 2.61. The lowest BCUT2D eigenvalue weighted by Gasteiger charge is -2.16. The molecule has 128 valence electrons. The quantitative estimate of drug-likeness (QED) is 0.827. The predicted molar refractivity (Wildman–Crippen MR) is 92.4 cm³/mol. The summed E-state index contributed by atoms with van der Waals surface area (Å²) in [5, 5.41) is 0. The van der Waals surface area contributed by atoms with E-state index in [4.69, 9.17) is 0 Å². The Morgan fingerprint density at radius 1 is 1.12 bits per heavy atom. The van der Waals surface area contributed by atoms with E-state index in [2.05, 4.69) is 4.99 Å². The van der Waals surface area contributed by atoms with Gasteiger partial charge in [-0.15, -0.1) is 0 Å². The maximum atomic E-state index is 12.5. The second-order valence-corrected chi connectivity index (χ2v) is 8.05. The number of hydrogen-bond donors (Lipinski definition) is 0. The highest BCUT2D eigenvalue weighted by Gasteiger charge is 2.34. The van der Waals surface area contributed by atoms with Gasteiger partial charge in [0.2, 0.25) is 0 Å². The minimum atomic E-state index is -3.30. The van der Waals surface area contributed by atoms with Crippen LogP contribution in [0.25, 0.3) is 5.70 Å². The molecule has 0 fully saturated rings. The smallest absolute Gasteiger partial charge is 0.252 e. The number of aliphatic imine (C=N–C) groups is 1. The van der Waals surface area contributed by atoms with Crippen LogP contribution in [0, 0.1) is 5.92 Å². The fourth-order valence-corrected chi connectivity index (χ4v) is 3.24. The van der Waals surface area contributed by atoms with Gasteiger partial charge >= 0.3 is 0 Å². The average molecular weight is 348 g/mol. The van der Waals surface area contributed by atoms with Crippen LogP contribution in [0.1, 0.15) is 19.4 Å². The summed E-state index contributed by atoms with van der Waals surface area (Å²) in [5.74, 6) is -0.805. The number of rotatable bonds is 4. The standard InChI is InChI=1S/C17H20N2O4S/c1-10-14(17(21)19(3)4)16(18-15(10)11(2)20)12-6-8-13(9-7-12)24(5,22)23/h6-10H,1-5H3. The summed E-state index contributed by atoms with van der Waals surface area (Å²) in [6, 6.07) is 6.16. The summed E-state index contributed by atoms with van der Waals surface area (Å²) < 4.78 is 23.2. The molecular formula is C17H20N2O4S. The number of ketones is 1. The normalized spacial score (nSPS) is 17.7. The van der Waals surface area contributed by atoms with Gasteiger partial charge in [-0.3, -0.25) is 9.59 Å². The van der Waals surface area contributed by atoms with Crippen LogP contribution in [0.4, 0.5) is 0 Å². The van der Waals surface area contributed by atoms with E-state index >= 15 is 0 Å². The number of carbonyl (C=O) groups excluding carboxylic acids is 2. The first kappa shape index (κ1) is 18.1. The van der Waals surface area contributed by atoms with Crippen molar-refractivity contribution in [3.05, 3.63) is 35.4 Å². The molecular weight excluding hydrogens is 328 g/mol. The Bertz CT molecular complexity index is 862. The summed E-state index contributed by atoms with van der Waals surface area (Å²) in [7, 11) is -0.0284. The van der Waals surface area contributed by atoms with Crippen molar-refractivity contribution in [1.82, 2.24) is 4.90 Å². The van der Waals surface area contributed by atoms with Crippen molar-refractivity contribution in [2.24, 2.45) is 10.9 Å². The molecule has 24 heavy (non-hydrogen) atoms. The molecule has 1 aliphatic heterocycles. The van der Waals surface area contributed by atoms with E-state index in [0.29, 0.717) is 22.5 Å². The van der Waals surface area contributed by atoms with Gasteiger partial charge in [-0.1, -0.05) is 19.1 Å². The topological polar surface area (TPSA) is 83.9 Å². The molecule has 1 heterocycles. The SMILES string of the molecule is CC(=O)C1=NC(c2ccc(S(C)(=O)=O)cc2)=C(C(=O)N(C)C)C1C. The molecule has 7 heteroatoms. The van der Waals surface area contributed by atoms with Crippen LogP contribution in [0.2, 0.25) is 0 Å². The number of likely N-dealkylation sites (N-methyl/N-ethyl adjacent to an activating group) is 1. The third kappa shape index (κ3) is 3.31. The largest absolute Gasteiger partial charge is 0.345 e. The van der Waals surface area contributed by atoms with Crippen molar-refractivity contribution >= 4 is 32.9 Å². The van der Waals surface area contributed by atoms with E-state index in [9.17, 15) is 18.0 Å². The molecule has 0 N–H and O–H groups in total. The molecule has 1 aromatic rings. The van der Waals surface area contributed by atoms with E-state index in [0.717, 1.165) is 6.26 Å². The minimum absolute atomic E-state index is 0.186. The summed E-state index contributed by atoms with van der Waals surface area (Å²) in [5.41, 5.74) is 1.81. The third-order valence-corrected chi connectivity index (χ3v) is 5.01. The van der Waals surface area contributed by atoms with Crippen LogP contribution in [0.3, 0.4) is 0 Å². The molecule has 0 radical (unpaired) electrons. The zero-order valence-electron chi connectivity index (χ0n) is 14.3. The number of Topliss-reactive ketones (excluding diaryl/α,β-unsaturated/α-hetero) is 1. The van der Waals surface area contributed by atoms with Gasteiger partial charge < -0.3 is 4.90 Å². The van der Waals surface area contributed by atoms with Crippen LogP contribution in [0.5, 0.6) is 0 Å². The van der Waals surface area contributed by atoms with Crippen LogP contribution >= 0.6 is 0 Å². The van der Waals surface area contributed by atoms with Crippen LogP contribution in [0.15, 0.2) is 39.7 Å². The Morgan fingerprint density at radius 2 is 1.67 bits per heavy atom. The molecule has 1 unspecified atom stereocenters. The van der Waals surface area contributed by atoms with Gasteiger partial charge in [0.1, 0.15) is 0 Å². The highest BCUT2D eigenvalue weighted by atomic mass is 32.2. The lowest BCUT2D eigenvalue weighted by Crippen LogP contribution is -2.29. The summed E-state index contributed by atoms with van der Waals surface area (Å²) >= 11 is 0. The number of carbonyl (C=O) groups is 2. The van der Waals surface area contributed by atoms with Gasteiger partial charge in [0.15, 0.2) is 15.6 Å². The Labute approximate surface area is 141 Å². The molecule has 1 amide bonds. The molecule has 0 saturated carbocycles. The number of amides is 1. The van der Waals surface area contributed by atoms with Gasteiger partial charge in [-0.25, -0.2) is 13.4 Å². The fraction of sp³-hybridized carbons (Fsp3) is 0.353. The Morgan fingerprint density at radius 3 is 2.08 bits per heavy atom. The van der Waals surface area contributed by atoms with Crippen LogP contribution < -0.4 is 0 Å². The van der Waals surface area contributed by atoms with Gasteiger partial charge in [-0.05, 0) is 12.1 Å². The van der Waals surface area contributed by atoms with E-state index < -0.39 is 15.8 Å². The van der Waals surface area contributed by atoms with Gasteiger partial charge in [0.05, 0.1) is 21.9 Å². The number of benzene rings is 1. The molecule has 6 nitrogen and oxygen atoms in total. The first-order valence-electron chi connectivity index (χ1n) is 7.40. The second-order valence-electron chi connectivity index (χ2n) is 6.03. The molecule has 0 bridgehead atoms. The average Bonchev–Trinajstić information content (AvgIpc) is 2.83. The Kier molecular flexibility index (Phi) is 4.75. The first-order chi connectivity index (χ1) is 11.0. The van der Waals surface area contributed by atoms with E-state index in [1.807, 2.05) is 0 Å². The van der Waals surface area contributed by atoms with Gasteiger partial charge in [-0.2, -0.15) is 0 Å². The van der Waals surface area contributed by atoms with Gasteiger partial charge in [0, 0.05) is 38.8 Å². The lowest BCUT2D eigenvalue weighted by atomic mass is 9.93. The van der Waals surface area contributed by atoms with Gasteiger partial charge in [0.25, 0.3) is 5.91 Å². The zero-order valence-corrected chi connectivity index (χ0v) is 15.1. The van der Waals surface area contributed by atoms with E-state index in [1.165, 1.54) is 24.0 Å². The lowest BCUT2D eigenvalue weighted by molar-refractivity contribution is -0.124. The second kappa shape index (κ2) is 6.32.